The number of aryl methyl sites for hydroxylation is 1. The third-order valence-electron chi connectivity index (χ3n) is 6.40. The number of aromatic amines is 1. The lowest BCUT2D eigenvalue weighted by molar-refractivity contribution is -0.124. The van der Waals surface area contributed by atoms with E-state index in [4.69, 9.17) is 5.73 Å². The van der Waals surface area contributed by atoms with Crippen LogP contribution in [-0.2, 0) is 16.1 Å². The van der Waals surface area contributed by atoms with Crippen LogP contribution in [0.25, 0.3) is 0 Å². The molecule has 4 rings (SSSR count). The van der Waals surface area contributed by atoms with E-state index in [1.165, 1.54) is 27.9 Å². The Morgan fingerprint density at radius 3 is 2.54 bits per heavy atom. The predicted molar refractivity (Wildman–Crippen MR) is 138 cm³/mol. The lowest BCUT2D eigenvalue weighted by Crippen LogP contribution is -2.42. The van der Waals surface area contributed by atoms with E-state index in [1.54, 1.807) is 4.90 Å². The van der Waals surface area contributed by atoms with Gasteiger partial charge in [-0.2, -0.15) is 0 Å². The van der Waals surface area contributed by atoms with Crippen LogP contribution in [0, 0.1) is 12.8 Å². The minimum absolute atomic E-state index is 0.00704. The molecule has 9 nitrogen and oxygen atoms in total. The summed E-state index contributed by atoms with van der Waals surface area (Å²) in [7, 11) is 1.46. The molecule has 1 fully saturated rings. The van der Waals surface area contributed by atoms with Crippen molar-refractivity contribution in [3.63, 3.8) is 0 Å². The van der Waals surface area contributed by atoms with Crippen LogP contribution in [0.4, 0.5) is 17.2 Å². The number of hydrogen-bond donors (Lipinski definition) is 2. The number of nitrogen functional groups attached to an aromatic ring is 1. The number of anilines is 3. The van der Waals surface area contributed by atoms with E-state index in [2.05, 4.69) is 4.98 Å². The third-order valence-corrected chi connectivity index (χ3v) is 7.34. The zero-order valence-corrected chi connectivity index (χ0v) is 20.8. The van der Waals surface area contributed by atoms with E-state index < -0.39 is 29.1 Å². The SMILES string of the molecule is CCCCn1c(N)c(N(C)C(=O)[C@@H]2CC(=O)N(c3ccc(C)cc3)[C@H]2c2cccs2)c(=O)[nH]c1=O. The number of nitrogens with one attached hydrogen (secondary N) is 1. The smallest absolute Gasteiger partial charge is 0.330 e. The Bertz CT molecular complexity index is 1340. The summed E-state index contributed by atoms with van der Waals surface area (Å²) in [6, 6.07) is 10.9. The van der Waals surface area contributed by atoms with Gasteiger partial charge < -0.3 is 15.5 Å². The topological polar surface area (TPSA) is 121 Å². The number of H-pyrrole nitrogens is 1. The molecule has 0 radical (unpaired) electrons. The molecular formula is C25H29N5O4S. The molecule has 10 heteroatoms. The summed E-state index contributed by atoms with van der Waals surface area (Å²) in [4.78, 5) is 58.0. The molecular weight excluding hydrogens is 466 g/mol. The lowest BCUT2D eigenvalue weighted by atomic mass is 9.96. The molecule has 2 amide bonds. The molecule has 0 aliphatic carbocycles. The van der Waals surface area contributed by atoms with Gasteiger partial charge in [0, 0.05) is 30.6 Å². The molecule has 0 unspecified atom stereocenters. The lowest BCUT2D eigenvalue weighted by Gasteiger charge is -2.29. The number of hydrogen-bond acceptors (Lipinski definition) is 6. The second-order valence-corrected chi connectivity index (χ2v) is 9.75. The van der Waals surface area contributed by atoms with Gasteiger partial charge in [0.2, 0.25) is 11.8 Å². The number of benzene rings is 1. The van der Waals surface area contributed by atoms with Crippen LogP contribution in [0.5, 0.6) is 0 Å². The zero-order valence-electron chi connectivity index (χ0n) is 20.0. The highest BCUT2D eigenvalue weighted by molar-refractivity contribution is 7.10. The maximum absolute atomic E-state index is 13.8. The number of carbonyl (C=O) groups is 2. The van der Waals surface area contributed by atoms with Crippen molar-refractivity contribution in [3.8, 4) is 0 Å². The number of rotatable bonds is 7. The predicted octanol–water partition coefficient (Wildman–Crippen LogP) is 3.05. The zero-order chi connectivity index (χ0) is 25.3. The maximum atomic E-state index is 13.8. The highest BCUT2D eigenvalue weighted by atomic mass is 32.1. The van der Waals surface area contributed by atoms with Crippen LogP contribution in [0.2, 0.25) is 0 Å². The highest BCUT2D eigenvalue weighted by Crippen LogP contribution is 2.44. The number of carbonyl (C=O) groups excluding carboxylic acids is 2. The molecule has 1 aliphatic rings. The molecule has 3 N–H and O–H groups in total. The number of thiophene rings is 1. The van der Waals surface area contributed by atoms with E-state index in [-0.39, 0.29) is 23.8 Å². The van der Waals surface area contributed by atoms with E-state index in [9.17, 15) is 19.2 Å². The van der Waals surface area contributed by atoms with Crippen molar-refractivity contribution < 1.29 is 9.59 Å². The third kappa shape index (κ3) is 4.53. The standard InChI is InChI=1S/C25H29N5O4S/c1-4-5-12-29-22(26)21(23(32)27-25(29)34)28(3)24(33)17-14-19(31)30(16-10-8-15(2)9-11-16)20(17)18-7-6-13-35-18/h6-11,13,17,20H,4-5,12,14,26H2,1-3H3,(H,27,32,34)/t17-,20-/m1/s1. The number of amides is 2. The first-order chi connectivity index (χ1) is 16.7. The number of nitrogens with zero attached hydrogens (tertiary/aromatic N) is 3. The maximum Gasteiger partial charge on any atom is 0.330 e. The Labute approximate surface area is 206 Å². The summed E-state index contributed by atoms with van der Waals surface area (Å²) in [5.74, 6) is -1.38. The van der Waals surface area contributed by atoms with E-state index in [0.29, 0.717) is 18.7 Å². The van der Waals surface area contributed by atoms with Gasteiger partial charge in [-0.25, -0.2) is 4.79 Å². The second-order valence-electron chi connectivity index (χ2n) is 8.77. The molecule has 0 spiro atoms. The molecule has 0 bridgehead atoms. The summed E-state index contributed by atoms with van der Waals surface area (Å²) in [6.07, 6.45) is 1.51. The van der Waals surface area contributed by atoms with Crippen molar-refractivity contribution in [1.29, 1.82) is 0 Å². The first-order valence-corrected chi connectivity index (χ1v) is 12.4. The van der Waals surface area contributed by atoms with Gasteiger partial charge in [0.05, 0.1) is 12.0 Å². The molecule has 1 aromatic carbocycles. The van der Waals surface area contributed by atoms with E-state index in [0.717, 1.165) is 16.9 Å². The fourth-order valence-corrected chi connectivity index (χ4v) is 5.43. The summed E-state index contributed by atoms with van der Waals surface area (Å²) in [5.41, 5.74) is 6.57. The Hall–Kier alpha value is -3.66. The quantitative estimate of drug-likeness (QED) is 0.522. The normalized spacial score (nSPS) is 17.7. The molecule has 2 aromatic heterocycles. The van der Waals surface area contributed by atoms with Crippen molar-refractivity contribution in [2.45, 2.75) is 45.7 Å². The van der Waals surface area contributed by atoms with E-state index in [1.807, 2.05) is 55.6 Å². The molecule has 2 atom stereocenters. The Morgan fingerprint density at radius 2 is 1.91 bits per heavy atom. The van der Waals surface area contributed by atoms with Crippen LogP contribution in [0.1, 0.15) is 42.7 Å². The van der Waals surface area contributed by atoms with Crippen LogP contribution in [-0.4, -0.2) is 28.4 Å². The number of aromatic nitrogens is 2. The van der Waals surface area contributed by atoms with Crippen LogP contribution in [0.15, 0.2) is 51.4 Å². The molecule has 1 aliphatic heterocycles. The first-order valence-electron chi connectivity index (χ1n) is 11.6. The van der Waals surface area contributed by atoms with Gasteiger partial charge in [0.1, 0.15) is 5.82 Å². The van der Waals surface area contributed by atoms with Gasteiger partial charge in [0.15, 0.2) is 5.69 Å². The van der Waals surface area contributed by atoms with Crippen molar-refractivity contribution in [3.05, 3.63) is 73.1 Å². The number of nitrogens with two attached hydrogens (primary N) is 1. The van der Waals surface area contributed by atoms with Gasteiger partial charge in [-0.15, -0.1) is 11.3 Å². The summed E-state index contributed by atoms with van der Waals surface area (Å²) in [5, 5.41) is 1.91. The van der Waals surface area contributed by atoms with Crippen molar-refractivity contribution in [2.75, 3.05) is 22.6 Å². The molecule has 1 saturated heterocycles. The summed E-state index contributed by atoms with van der Waals surface area (Å²) >= 11 is 1.47. The summed E-state index contributed by atoms with van der Waals surface area (Å²) < 4.78 is 1.28. The van der Waals surface area contributed by atoms with Gasteiger partial charge in [-0.3, -0.25) is 23.9 Å². The molecule has 35 heavy (non-hydrogen) atoms. The van der Waals surface area contributed by atoms with Crippen molar-refractivity contribution in [2.24, 2.45) is 5.92 Å². The average Bonchev–Trinajstić information content (AvgIpc) is 3.46. The van der Waals surface area contributed by atoms with Gasteiger partial charge in [-0.1, -0.05) is 37.1 Å². The minimum atomic E-state index is -0.734. The fraction of sp³-hybridized carbons (Fsp3) is 0.360. The van der Waals surface area contributed by atoms with Gasteiger partial charge in [0.25, 0.3) is 5.56 Å². The Balaban J connectivity index is 1.74. The van der Waals surface area contributed by atoms with Crippen LogP contribution in [0.3, 0.4) is 0 Å². The van der Waals surface area contributed by atoms with Crippen LogP contribution < -0.4 is 26.8 Å². The molecule has 184 valence electrons. The fourth-order valence-electron chi connectivity index (χ4n) is 4.55. The highest BCUT2D eigenvalue weighted by Gasteiger charge is 2.47. The van der Waals surface area contributed by atoms with Gasteiger partial charge in [-0.05, 0) is 36.9 Å². The Kier molecular flexibility index (Phi) is 6.93. The summed E-state index contributed by atoms with van der Waals surface area (Å²) in [6.45, 7) is 4.27. The average molecular weight is 496 g/mol. The largest absolute Gasteiger partial charge is 0.383 e. The minimum Gasteiger partial charge on any atom is -0.383 e. The molecule has 0 saturated carbocycles. The first kappa shape index (κ1) is 24.5. The number of unbranched alkanes of at least 4 members (excludes halogenated alkanes) is 1. The second kappa shape index (κ2) is 9.91. The van der Waals surface area contributed by atoms with Crippen molar-refractivity contribution in [1.82, 2.24) is 9.55 Å². The molecule has 3 aromatic rings. The van der Waals surface area contributed by atoms with Gasteiger partial charge >= 0.3 is 5.69 Å². The van der Waals surface area contributed by atoms with E-state index >= 15 is 0 Å². The monoisotopic (exact) mass is 495 g/mol. The van der Waals surface area contributed by atoms with Crippen molar-refractivity contribution >= 4 is 40.3 Å². The van der Waals surface area contributed by atoms with Crippen LogP contribution >= 0.6 is 11.3 Å². The Morgan fingerprint density at radius 1 is 1.20 bits per heavy atom. The molecule has 3 heterocycles.